The summed E-state index contributed by atoms with van der Waals surface area (Å²) in [6.45, 7) is 1.91. The number of hydrogen-bond acceptors (Lipinski definition) is 2. The Kier molecular flexibility index (Phi) is 6.42. The summed E-state index contributed by atoms with van der Waals surface area (Å²) in [5.74, 6) is -0.857. The van der Waals surface area contributed by atoms with Crippen molar-refractivity contribution in [3.63, 3.8) is 0 Å². The first-order valence-electron chi connectivity index (χ1n) is 6.51. The van der Waals surface area contributed by atoms with Crippen LogP contribution in [-0.4, -0.2) is 32.1 Å². The lowest BCUT2D eigenvalue weighted by Crippen LogP contribution is -2.18. The molecule has 0 saturated heterocycles. The summed E-state index contributed by atoms with van der Waals surface area (Å²) in [6, 6.07) is 2.62. The molecule has 0 aliphatic rings. The zero-order valence-electron chi connectivity index (χ0n) is 11.7. The number of benzene rings is 1. The molecule has 0 radical (unpaired) electrons. The standard InChI is InChI=1S/C14H20F4N2/c1-20(2)6-4-3-5-19-10-11-7-12(14(16,17)18)9-13(15)8-11/h7-9,19H,3-6,10H2,1-2H3. The first-order valence-corrected chi connectivity index (χ1v) is 6.51. The molecule has 0 aliphatic carbocycles. The molecule has 1 aromatic carbocycles. The molecule has 0 unspecified atom stereocenters. The van der Waals surface area contributed by atoms with Gasteiger partial charge in [-0.2, -0.15) is 13.2 Å². The Morgan fingerprint density at radius 2 is 1.80 bits per heavy atom. The van der Waals surface area contributed by atoms with E-state index in [0.717, 1.165) is 31.5 Å². The summed E-state index contributed by atoms with van der Waals surface area (Å²) in [5, 5.41) is 3.03. The van der Waals surface area contributed by atoms with E-state index < -0.39 is 17.6 Å². The lowest BCUT2D eigenvalue weighted by atomic mass is 10.1. The average Bonchev–Trinajstić information content (AvgIpc) is 2.31. The molecule has 0 fully saturated rings. The van der Waals surface area contributed by atoms with Crippen molar-refractivity contribution in [2.75, 3.05) is 27.2 Å². The highest BCUT2D eigenvalue weighted by Crippen LogP contribution is 2.30. The predicted molar refractivity (Wildman–Crippen MR) is 70.9 cm³/mol. The van der Waals surface area contributed by atoms with Gasteiger partial charge in [-0.15, -0.1) is 0 Å². The van der Waals surface area contributed by atoms with Gasteiger partial charge in [-0.25, -0.2) is 4.39 Å². The van der Waals surface area contributed by atoms with Crippen molar-refractivity contribution in [1.29, 1.82) is 0 Å². The highest BCUT2D eigenvalue weighted by molar-refractivity contribution is 5.26. The monoisotopic (exact) mass is 292 g/mol. The van der Waals surface area contributed by atoms with Crippen molar-refractivity contribution in [2.24, 2.45) is 0 Å². The molecule has 0 heterocycles. The van der Waals surface area contributed by atoms with Gasteiger partial charge in [0.25, 0.3) is 0 Å². The fourth-order valence-electron chi connectivity index (χ4n) is 1.83. The van der Waals surface area contributed by atoms with E-state index in [-0.39, 0.29) is 6.54 Å². The number of alkyl halides is 3. The SMILES string of the molecule is CN(C)CCCCNCc1cc(F)cc(C(F)(F)F)c1. The van der Waals surface area contributed by atoms with Crippen LogP contribution < -0.4 is 5.32 Å². The van der Waals surface area contributed by atoms with Crippen molar-refractivity contribution in [2.45, 2.75) is 25.6 Å². The molecule has 1 rings (SSSR count). The Morgan fingerprint density at radius 3 is 2.40 bits per heavy atom. The molecule has 6 heteroatoms. The maximum Gasteiger partial charge on any atom is 0.416 e. The van der Waals surface area contributed by atoms with Crippen molar-refractivity contribution < 1.29 is 17.6 Å². The molecule has 2 nitrogen and oxygen atoms in total. The Labute approximate surface area is 116 Å². The number of unbranched alkanes of at least 4 members (excludes halogenated alkanes) is 1. The van der Waals surface area contributed by atoms with Crippen LogP contribution in [0.15, 0.2) is 18.2 Å². The second-order valence-electron chi connectivity index (χ2n) is 5.03. The van der Waals surface area contributed by atoms with Crippen molar-refractivity contribution >= 4 is 0 Å². The molecule has 0 atom stereocenters. The lowest BCUT2D eigenvalue weighted by Gasteiger charge is -2.11. The number of hydrogen-bond donors (Lipinski definition) is 1. The second kappa shape index (κ2) is 7.59. The van der Waals surface area contributed by atoms with Crippen LogP contribution in [-0.2, 0) is 12.7 Å². The summed E-state index contributed by atoms with van der Waals surface area (Å²) in [6.07, 6.45) is -2.57. The lowest BCUT2D eigenvalue weighted by molar-refractivity contribution is -0.137. The summed E-state index contributed by atoms with van der Waals surface area (Å²) >= 11 is 0. The second-order valence-corrected chi connectivity index (χ2v) is 5.03. The molecule has 0 saturated carbocycles. The number of rotatable bonds is 7. The average molecular weight is 292 g/mol. The van der Waals surface area contributed by atoms with Crippen LogP contribution in [0.2, 0.25) is 0 Å². The van der Waals surface area contributed by atoms with E-state index in [1.54, 1.807) is 0 Å². The first kappa shape index (κ1) is 16.9. The third-order valence-electron chi connectivity index (χ3n) is 2.82. The Hall–Kier alpha value is -1.14. The molecule has 20 heavy (non-hydrogen) atoms. The van der Waals surface area contributed by atoms with Gasteiger partial charge in [-0.1, -0.05) is 0 Å². The maximum absolute atomic E-state index is 13.1. The van der Waals surface area contributed by atoms with Crippen molar-refractivity contribution in [1.82, 2.24) is 10.2 Å². The third kappa shape index (κ3) is 6.34. The fraction of sp³-hybridized carbons (Fsp3) is 0.571. The van der Waals surface area contributed by atoms with E-state index in [1.165, 1.54) is 0 Å². The molecule has 0 spiro atoms. The molecule has 1 N–H and O–H groups in total. The van der Waals surface area contributed by atoms with Gasteiger partial charge in [0.1, 0.15) is 5.82 Å². The molecule has 0 aromatic heterocycles. The summed E-state index contributed by atoms with van der Waals surface area (Å²) in [5.41, 5.74) is -0.633. The normalized spacial score (nSPS) is 12.2. The molecule has 0 aliphatic heterocycles. The van der Waals surface area contributed by atoms with E-state index in [4.69, 9.17) is 0 Å². The number of halogens is 4. The largest absolute Gasteiger partial charge is 0.416 e. The van der Waals surface area contributed by atoms with Crippen LogP contribution >= 0.6 is 0 Å². The van der Waals surface area contributed by atoms with Gasteiger partial charge in [0.2, 0.25) is 0 Å². The van der Waals surface area contributed by atoms with E-state index >= 15 is 0 Å². The van der Waals surface area contributed by atoms with Crippen LogP contribution in [0.5, 0.6) is 0 Å². The Balaban J connectivity index is 2.42. The summed E-state index contributed by atoms with van der Waals surface area (Å²) in [7, 11) is 3.97. The highest BCUT2D eigenvalue weighted by Gasteiger charge is 2.31. The van der Waals surface area contributed by atoms with Gasteiger partial charge < -0.3 is 10.2 Å². The van der Waals surface area contributed by atoms with Gasteiger partial charge >= 0.3 is 6.18 Å². The maximum atomic E-state index is 13.1. The zero-order chi connectivity index (χ0) is 15.2. The molecule has 1 aromatic rings. The summed E-state index contributed by atoms with van der Waals surface area (Å²) < 4.78 is 50.7. The topological polar surface area (TPSA) is 15.3 Å². The van der Waals surface area contributed by atoms with E-state index in [0.29, 0.717) is 18.2 Å². The highest BCUT2D eigenvalue weighted by atomic mass is 19.4. The van der Waals surface area contributed by atoms with Crippen molar-refractivity contribution in [3.8, 4) is 0 Å². The Bertz CT molecular complexity index is 416. The smallest absolute Gasteiger partial charge is 0.313 e. The zero-order valence-corrected chi connectivity index (χ0v) is 11.7. The third-order valence-corrected chi connectivity index (χ3v) is 2.82. The molecular formula is C14H20F4N2. The quantitative estimate of drug-likeness (QED) is 0.613. The van der Waals surface area contributed by atoms with E-state index in [9.17, 15) is 17.6 Å². The number of nitrogens with zero attached hydrogens (tertiary/aromatic N) is 1. The van der Waals surface area contributed by atoms with Crippen LogP contribution in [0, 0.1) is 5.82 Å². The first-order chi connectivity index (χ1) is 9.29. The minimum absolute atomic E-state index is 0.239. The predicted octanol–water partition coefficient (Wildman–Crippen LogP) is 3.28. The number of nitrogens with one attached hydrogen (secondary N) is 1. The van der Waals surface area contributed by atoms with Gasteiger partial charge in [0.15, 0.2) is 0 Å². The van der Waals surface area contributed by atoms with Gasteiger partial charge in [-0.3, -0.25) is 0 Å². The van der Waals surface area contributed by atoms with Gasteiger partial charge in [-0.05, 0) is 63.8 Å². The fourth-order valence-corrected chi connectivity index (χ4v) is 1.83. The van der Waals surface area contributed by atoms with E-state index in [1.807, 2.05) is 14.1 Å². The molecule has 0 bridgehead atoms. The minimum Gasteiger partial charge on any atom is -0.313 e. The van der Waals surface area contributed by atoms with Crippen LogP contribution in [0.4, 0.5) is 17.6 Å². The van der Waals surface area contributed by atoms with Gasteiger partial charge in [0, 0.05) is 6.54 Å². The minimum atomic E-state index is -4.51. The van der Waals surface area contributed by atoms with Crippen LogP contribution in [0.25, 0.3) is 0 Å². The summed E-state index contributed by atoms with van der Waals surface area (Å²) in [4.78, 5) is 2.07. The molecule has 0 amide bonds. The Morgan fingerprint density at radius 1 is 1.10 bits per heavy atom. The van der Waals surface area contributed by atoms with Gasteiger partial charge in [0.05, 0.1) is 5.56 Å². The molecular weight excluding hydrogens is 272 g/mol. The molecule has 114 valence electrons. The van der Waals surface area contributed by atoms with E-state index in [2.05, 4.69) is 10.2 Å². The van der Waals surface area contributed by atoms with Crippen LogP contribution in [0.1, 0.15) is 24.0 Å². The van der Waals surface area contributed by atoms with Crippen LogP contribution in [0.3, 0.4) is 0 Å². The van der Waals surface area contributed by atoms with Crippen molar-refractivity contribution in [3.05, 3.63) is 35.1 Å².